The Hall–Kier alpha value is -3.56. The molecule has 2 aromatic carbocycles. The standard InChI is InChI=1S/C26H24FN3O4S/c1-34-20-8-4-18(5-9-20)24(31)29-12-10-26(33,11-13-29)15-30-16-28-22-21(14-35-23(22)25(30)32)17-2-6-19(27)7-3-17/h2-9,14,16,33H,10-13,15H2,1H3. The van der Waals surface area contributed by atoms with Crippen molar-refractivity contribution >= 4 is 27.5 Å². The van der Waals surface area contributed by atoms with Gasteiger partial charge in [-0.15, -0.1) is 11.3 Å². The highest BCUT2D eigenvalue weighted by molar-refractivity contribution is 7.17. The van der Waals surface area contributed by atoms with Gasteiger partial charge in [-0.2, -0.15) is 0 Å². The van der Waals surface area contributed by atoms with Gasteiger partial charge in [-0.05, 0) is 54.8 Å². The lowest BCUT2D eigenvalue weighted by Gasteiger charge is -2.38. The van der Waals surface area contributed by atoms with Crippen molar-refractivity contribution in [3.63, 3.8) is 0 Å². The first-order chi connectivity index (χ1) is 16.9. The van der Waals surface area contributed by atoms with Crippen LogP contribution < -0.4 is 10.3 Å². The van der Waals surface area contributed by atoms with Gasteiger partial charge < -0.3 is 14.7 Å². The summed E-state index contributed by atoms with van der Waals surface area (Å²) in [6, 6.07) is 13.0. The van der Waals surface area contributed by atoms with Gasteiger partial charge in [-0.3, -0.25) is 14.2 Å². The van der Waals surface area contributed by atoms with Crippen molar-refractivity contribution in [3.8, 4) is 16.9 Å². The largest absolute Gasteiger partial charge is 0.497 e. The fraction of sp³-hybridized carbons (Fsp3) is 0.269. The monoisotopic (exact) mass is 493 g/mol. The fourth-order valence-electron chi connectivity index (χ4n) is 4.41. The maximum atomic E-state index is 13.3. The molecule has 4 aromatic rings. The highest BCUT2D eigenvalue weighted by atomic mass is 32.1. The van der Waals surface area contributed by atoms with Gasteiger partial charge in [0.25, 0.3) is 11.5 Å². The van der Waals surface area contributed by atoms with Gasteiger partial charge in [-0.25, -0.2) is 9.37 Å². The molecule has 5 rings (SSSR count). The fourth-order valence-corrected chi connectivity index (χ4v) is 5.38. The number of amides is 1. The van der Waals surface area contributed by atoms with E-state index in [1.54, 1.807) is 48.4 Å². The van der Waals surface area contributed by atoms with Gasteiger partial charge in [0.2, 0.25) is 0 Å². The summed E-state index contributed by atoms with van der Waals surface area (Å²) in [4.78, 5) is 32.2. The summed E-state index contributed by atoms with van der Waals surface area (Å²) in [7, 11) is 1.57. The Morgan fingerprint density at radius 2 is 1.83 bits per heavy atom. The molecule has 35 heavy (non-hydrogen) atoms. The zero-order valence-corrected chi connectivity index (χ0v) is 19.9. The maximum absolute atomic E-state index is 13.3. The second kappa shape index (κ2) is 9.24. The number of carbonyl (C=O) groups is 1. The summed E-state index contributed by atoms with van der Waals surface area (Å²) in [5.74, 6) is 0.261. The molecule has 1 saturated heterocycles. The Morgan fingerprint density at radius 3 is 2.49 bits per heavy atom. The second-order valence-electron chi connectivity index (χ2n) is 8.76. The van der Waals surface area contributed by atoms with Crippen molar-refractivity contribution < 1.29 is 19.0 Å². The van der Waals surface area contributed by atoms with Crippen molar-refractivity contribution in [3.05, 3.63) is 82.0 Å². The van der Waals surface area contributed by atoms with E-state index in [4.69, 9.17) is 4.74 Å². The van der Waals surface area contributed by atoms with Gasteiger partial charge in [-0.1, -0.05) is 12.1 Å². The van der Waals surface area contributed by atoms with E-state index in [1.807, 2.05) is 5.38 Å². The number of aromatic nitrogens is 2. The first kappa shape index (κ1) is 23.2. The van der Waals surface area contributed by atoms with Crippen LogP contribution in [0, 0.1) is 5.82 Å². The topological polar surface area (TPSA) is 84.7 Å². The van der Waals surface area contributed by atoms with Crippen LogP contribution in [-0.4, -0.2) is 51.3 Å². The molecular formula is C26H24FN3O4S. The molecule has 0 saturated carbocycles. The highest BCUT2D eigenvalue weighted by Crippen LogP contribution is 2.31. The minimum Gasteiger partial charge on any atom is -0.497 e. The molecule has 7 nitrogen and oxygen atoms in total. The molecule has 1 amide bonds. The van der Waals surface area contributed by atoms with Crippen molar-refractivity contribution in [2.24, 2.45) is 0 Å². The van der Waals surface area contributed by atoms with Crippen LogP contribution in [0.4, 0.5) is 4.39 Å². The highest BCUT2D eigenvalue weighted by Gasteiger charge is 2.35. The molecule has 180 valence electrons. The van der Waals surface area contributed by atoms with Gasteiger partial charge >= 0.3 is 0 Å². The Balaban J connectivity index is 1.30. The number of carbonyl (C=O) groups excluding carboxylic acids is 1. The summed E-state index contributed by atoms with van der Waals surface area (Å²) in [6.45, 7) is 0.877. The first-order valence-electron chi connectivity index (χ1n) is 11.3. The molecule has 2 aromatic heterocycles. The predicted molar refractivity (Wildman–Crippen MR) is 132 cm³/mol. The number of aliphatic hydroxyl groups is 1. The average molecular weight is 494 g/mol. The molecule has 0 aliphatic carbocycles. The quantitative estimate of drug-likeness (QED) is 0.455. The summed E-state index contributed by atoms with van der Waals surface area (Å²) in [5, 5.41) is 13.0. The summed E-state index contributed by atoms with van der Waals surface area (Å²) < 4.78 is 20.4. The lowest BCUT2D eigenvalue weighted by molar-refractivity contribution is -0.0299. The van der Waals surface area contributed by atoms with Crippen molar-refractivity contribution in [2.45, 2.75) is 25.0 Å². The van der Waals surface area contributed by atoms with Crippen molar-refractivity contribution in [1.82, 2.24) is 14.5 Å². The number of likely N-dealkylation sites (tertiary alicyclic amines) is 1. The molecule has 1 aliphatic heterocycles. The van der Waals surface area contributed by atoms with E-state index in [0.717, 1.165) is 11.1 Å². The van der Waals surface area contributed by atoms with Crippen molar-refractivity contribution in [1.29, 1.82) is 0 Å². The minimum atomic E-state index is -1.12. The predicted octanol–water partition coefficient (Wildman–Crippen LogP) is 3.94. The number of benzene rings is 2. The van der Waals surface area contributed by atoms with Crippen LogP contribution >= 0.6 is 11.3 Å². The lowest BCUT2D eigenvalue weighted by Crippen LogP contribution is -2.49. The van der Waals surface area contributed by atoms with E-state index in [1.165, 1.54) is 34.4 Å². The molecule has 3 heterocycles. The Bertz CT molecular complexity index is 1420. The number of fused-ring (bicyclic) bond motifs is 1. The first-order valence-corrected chi connectivity index (χ1v) is 12.1. The van der Waals surface area contributed by atoms with E-state index in [-0.39, 0.29) is 23.8 Å². The van der Waals surface area contributed by atoms with Crippen molar-refractivity contribution in [2.75, 3.05) is 20.2 Å². The number of ether oxygens (including phenoxy) is 1. The third kappa shape index (κ3) is 4.56. The molecule has 1 fully saturated rings. The molecule has 0 bridgehead atoms. The van der Waals surface area contributed by atoms with Gasteiger partial charge in [0, 0.05) is 29.6 Å². The van der Waals surface area contributed by atoms with E-state index < -0.39 is 5.60 Å². The van der Waals surface area contributed by atoms with Crippen LogP contribution in [0.2, 0.25) is 0 Å². The Kier molecular flexibility index (Phi) is 6.12. The lowest BCUT2D eigenvalue weighted by atomic mass is 9.91. The Labute approximate surface area is 205 Å². The van der Waals surface area contributed by atoms with Gasteiger partial charge in [0.05, 0.1) is 31.1 Å². The molecule has 0 atom stereocenters. The maximum Gasteiger partial charge on any atom is 0.271 e. The van der Waals surface area contributed by atoms with Crippen LogP contribution in [-0.2, 0) is 6.54 Å². The molecule has 0 unspecified atom stereocenters. The number of nitrogens with zero attached hydrogens (tertiary/aromatic N) is 3. The van der Waals surface area contributed by atoms with E-state index in [0.29, 0.717) is 47.5 Å². The molecule has 1 aliphatic rings. The van der Waals surface area contributed by atoms with E-state index >= 15 is 0 Å². The van der Waals surface area contributed by atoms with E-state index in [2.05, 4.69) is 4.98 Å². The van der Waals surface area contributed by atoms with Crippen LogP contribution in [0.3, 0.4) is 0 Å². The van der Waals surface area contributed by atoms with Crippen LogP contribution in [0.25, 0.3) is 21.3 Å². The normalized spacial score (nSPS) is 15.3. The number of piperidine rings is 1. The van der Waals surface area contributed by atoms with E-state index in [9.17, 15) is 19.1 Å². The number of halogens is 1. The smallest absolute Gasteiger partial charge is 0.271 e. The Morgan fingerprint density at radius 1 is 1.14 bits per heavy atom. The third-order valence-corrected chi connectivity index (χ3v) is 7.44. The number of rotatable bonds is 5. The number of hydrogen-bond acceptors (Lipinski definition) is 6. The zero-order valence-electron chi connectivity index (χ0n) is 19.1. The second-order valence-corrected chi connectivity index (χ2v) is 9.64. The molecular weight excluding hydrogens is 469 g/mol. The summed E-state index contributed by atoms with van der Waals surface area (Å²) in [6.07, 6.45) is 2.16. The molecule has 9 heteroatoms. The summed E-state index contributed by atoms with van der Waals surface area (Å²) >= 11 is 1.29. The number of thiophene rings is 1. The van der Waals surface area contributed by atoms with Crippen LogP contribution in [0.15, 0.2) is 65.0 Å². The third-order valence-electron chi connectivity index (χ3n) is 6.48. The molecule has 0 radical (unpaired) electrons. The molecule has 1 N–H and O–H groups in total. The minimum absolute atomic E-state index is 0.0955. The van der Waals surface area contributed by atoms with Gasteiger partial charge in [0.15, 0.2) is 0 Å². The number of hydrogen-bond donors (Lipinski definition) is 1. The van der Waals surface area contributed by atoms with Gasteiger partial charge in [0.1, 0.15) is 16.3 Å². The number of methoxy groups -OCH3 is 1. The average Bonchev–Trinajstić information content (AvgIpc) is 3.31. The summed E-state index contributed by atoms with van der Waals surface area (Å²) in [5.41, 5.74) is 1.35. The SMILES string of the molecule is COc1ccc(C(=O)N2CCC(O)(Cn3cnc4c(-c5ccc(F)cc5)csc4c3=O)CC2)cc1. The molecule has 0 spiro atoms. The van der Waals surface area contributed by atoms with Crippen LogP contribution in [0.5, 0.6) is 5.75 Å². The zero-order chi connectivity index (χ0) is 24.6. The van der Waals surface area contributed by atoms with Crippen LogP contribution in [0.1, 0.15) is 23.2 Å².